The molecule has 0 heterocycles. The fourth-order valence-electron chi connectivity index (χ4n) is 6.84. The van der Waals surface area contributed by atoms with Crippen LogP contribution in [0.2, 0.25) is 0 Å². The summed E-state index contributed by atoms with van der Waals surface area (Å²) in [6.45, 7) is 6.44. The van der Waals surface area contributed by atoms with Crippen LogP contribution in [0.4, 0.5) is 0 Å². The van der Waals surface area contributed by atoms with Crippen LogP contribution in [0, 0.1) is 0 Å². The number of ether oxygens (including phenoxy) is 3. The van der Waals surface area contributed by atoms with Gasteiger partial charge in [-0.15, -0.1) is 0 Å². The maximum Gasteiger partial charge on any atom is 0.306 e. The number of hydrogen-bond donors (Lipinski definition) is 0. The highest BCUT2D eigenvalue weighted by atomic mass is 16.6. The molecule has 61 heavy (non-hydrogen) atoms. The molecule has 0 aromatic carbocycles. The minimum atomic E-state index is -0.796. The molecule has 0 aliphatic heterocycles. The van der Waals surface area contributed by atoms with Crippen molar-refractivity contribution >= 4 is 17.9 Å². The summed E-state index contributed by atoms with van der Waals surface area (Å²) in [5.41, 5.74) is 0. The second-order valence-electron chi connectivity index (χ2n) is 16.7. The molecule has 0 saturated carbocycles. The third-order valence-corrected chi connectivity index (χ3v) is 10.7. The molecule has 0 spiro atoms. The van der Waals surface area contributed by atoms with Gasteiger partial charge >= 0.3 is 17.9 Å². The fraction of sp³-hybridized carbons (Fsp3) is 0.727. The van der Waals surface area contributed by atoms with E-state index in [0.717, 1.165) is 122 Å². The smallest absolute Gasteiger partial charge is 0.306 e. The first kappa shape index (κ1) is 57.9. The van der Waals surface area contributed by atoms with Crippen molar-refractivity contribution in [3.05, 3.63) is 72.9 Å². The lowest BCUT2D eigenvalue weighted by atomic mass is 10.1. The summed E-state index contributed by atoms with van der Waals surface area (Å²) in [5, 5.41) is 0. The zero-order valence-electron chi connectivity index (χ0n) is 39.9. The zero-order chi connectivity index (χ0) is 44.4. The molecular weight excluding hydrogens is 757 g/mol. The van der Waals surface area contributed by atoms with Crippen LogP contribution >= 0.6 is 0 Å². The van der Waals surface area contributed by atoms with Gasteiger partial charge in [-0.2, -0.15) is 0 Å². The van der Waals surface area contributed by atoms with Crippen LogP contribution in [0.25, 0.3) is 0 Å². The van der Waals surface area contributed by atoms with Crippen molar-refractivity contribution in [3.63, 3.8) is 0 Å². The molecule has 6 heteroatoms. The Kier molecular flexibility index (Phi) is 46.9. The molecule has 0 rings (SSSR count). The topological polar surface area (TPSA) is 78.9 Å². The molecule has 350 valence electrons. The summed E-state index contributed by atoms with van der Waals surface area (Å²) >= 11 is 0. The van der Waals surface area contributed by atoms with Crippen molar-refractivity contribution in [1.82, 2.24) is 0 Å². The van der Waals surface area contributed by atoms with E-state index in [1.54, 1.807) is 0 Å². The molecule has 0 radical (unpaired) electrons. The summed E-state index contributed by atoms with van der Waals surface area (Å²) in [4.78, 5) is 37.9. The van der Waals surface area contributed by atoms with Crippen LogP contribution in [0.15, 0.2) is 72.9 Å². The van der Waals surface area contributed by atoms with E-state index in [2.05, 4.69) is 93.7 Å². The molecule has 0 amide bonds. The summed E-state index contributed by atoms with van der Waals surface area (Å²) < 4.78 is 16.7. The quantitative estimate of drug-likeness (QED) is 0.0200. The Morgan fingerprint density at radius 2 is 0.705 bits per heavy atom. The molecule has 1 unspecified atom stereocenters. The van der Waals surface area contributed by atoms with E-state index in [1.807, 2.05) is 0 Å². The summed E-state index contributed by atoms with van der Waals surface area (Å²) in [5.74, 6) is -0.942. The lowest BCUT2D eigenvalue weighted by Crippen LogP contribution is -2.30. The third kappa shape index (κ3) is 47.7. The number of hydrogen-bond acceptors (Lipinski definition) is 6. The summed E-state index contributed by atoms with van der Waals surface area (Å²) in [6.07, 6.45) is 61.7. The molecule has 0 aromatic heterocycles. The van der Waals surface area contributed by atoms with Crippen molar-refractivity contribution in [2.45, 2.75) is 245 Å². The van der Waals surface area contributed by atoms with Gasteiger partial charge in [0.05, 0.1) is 0 Å². The molecule has 0 bridgehead atoms. The average molecular weight is 851 g/mol. The van der Waals surface area contributed by atoms with E-state index in [4.69, 9.17) is 14.2 Å². The van der Waals surface area contributed by atoms with Crippen molar-refractivity contribution in [3.8, 4) is 0 Å². The lowest BCUT2D eigenvalue weighted by Gasteiger charge is -2.18. The average Bonchev–Trinajstić information content (AvgIpc) is 3.26. The molecule has 0 aliphatic rings. The maximum absolute atomic E-state index is 12.8. The molecule has 1 atom stereocenters. The van der Waals surface area contributed by atoms with E-state index in [0.29, 0.717) is 19.3 Å². The highest BCUT2D eigenvalue weighted by molar-refractivity contribution is 5.71. The van der Waals surface area contributed by atoms with Gasteiger partial charge in [-0.1, -0.05) is 196 Å². The summed E-state index contributed by atoms with van der Waals surface area (Å²) in [6, 6.07) is 0. The van der Waals surface area contributed by atoms with E-state index in [1.165, 1.54) is 77.0 Å². The Morgan fingerprint density at radius 3 is 1.16 bits per heavy atom. The van der Waals surface area contributed by atoms with Crippen molar-refractivity contribution in [2.24, 2.45) is 0 Å². The van der Waals surface area contributed by atoms with E-state index >= 15 is 0 Å². The van der Waals surface area contributed by atoms with Crippen LogP contribution in [0.3, 0.4) is 0 Å². The Balaban J connectivity index is 4.42. The van der Waals surface area contributed by atoms with Gasteiger partial charge in [-0.3, -0.25) is 14.4 Å². The predicted molar refractivity (Wildman–Crippen MR) is 261 cm³/mol. The second-order valence-corrected chi connectivity index (χ2v) is 16.7. The Labute approximate surface area is 376 Å². The van der Waals surface area contributed by atoms with E-state index in [-0.39, 0.29) is 31.1 Å². The number of carbonyl (C=O) groups is 3. The summed E-state index contributed by atoms with van der Waals surface area (Å²) in [7, 11) is 0. The second kappa shape index (κ2) is 49.5. The molecule has 0 N–H and O–H groups in total. The molecular formula is C55H94O6. The Morgan fingerprint density at radius 1 is 0.361 bits per heavy atom. The van der Waals surface area contributed by atoms with E-state index in [9.17, 15) is 14.4 Å². The Hall–Kier alpha value is -3.15. The number of unbranched alkanes of at least 4 members (excludes halogenated alkanes) is 23. The highest BCUT2D eigenvalue weighted by Gasteiger charge is 2.19. The number of allylic oxidation sites excluding steroid dienone is 12. The first-order valence-electron chi connectivity index (χ1n) is 25.5. The predicted octanol–water partition coefficient (Wildman–Crippen LogP) is 16.6. The largest absolute Gasteiger partial charge is 0.462 e. The third-order valence-electron chi connectivity index (χ3n) is 10.7. The van der Waals surface area contributed by atoms with Gasteiger partial charge in [-0.05, 0) is 96.3 Å². The lowest BCUT2D eigenvalue weighted by molar-refractivity contribution is -0.167. The maximum atomic E-state index is 12.8. The van der Waals surface area contributed by atoms with Crippen molar-refractivity contribution in [2.75, 3.05) is 13.2 Å². The van der Waals surface area contributed by atoms with Crippen LogP contribution in [0.5, 0.6) is 0 Å². The van der Waals surface area contributed by atoms with Crippen LogP contribution in [-0.2, 0) is 28.6 Å². The van der Waals surface area contributed by atoms with Crippen LogP contribution in [-0.4, -0.2) is 37.2 Å². The van der Waals surface area contributed by atoms with Crippen LogP contribution < -0.4 is 0 Å². The normalized spacial score (nSPS) is 12.6. The van der Waals surface area contributed by atoms with Gasteiger partial charge in [0.1, 0.15) is 13.2 Å². The van der Waals surface area contributed by atoms with Gasteiger partial charge in [0, 0.05) is 19.3 Å². The van der Waals surface area contributed by atoms with Gasteiger partial charge in [0.25, 0.3) is 0 Å². The van der Waals surface area contributed by atoms with Crippen molar-refractivity contribution in [1.29, 1.82) is 0 Å². The highest BCUT2D eigenvalue weighted by Crippen LogP contribution is 2.13. The number of rotatable bonds is 45. The first-order chi connectivity index (χ1) is 30.0. The fourth-order valence-corrected chi connectivity index (χ4v) is 6.84. The van der Waals surface area contributed by atoms with E-state index < -0.39 is 6.10 Å². The molecule has 0 saturated heterocycles. The molecule has 0 fully saturated rings. The van der Waals surface area contributed by atoms with Gasteiger partial charge in [-0.25, -0.2) is 0 Å². The standard InChI is InChI=1S/C55H94O6/c1-4-7-10-13-16-19-22-24-26-27-28-29-31-33-36-39-42-45-48-54(57)60-51-52(50-59-53(56)47-44-41-38-35-32-21-18-15-12-9-6-3)61-55(58)49-46-43-40-37-34-30-25-23-20-17-14-11-8-5-2/h8,11,15,17-18,20,25-30,52H,4-7,9-10,12-14,16,19,21-24,31-51H2,1-3H3/b11-8-,18-15-,20-17-,27-26-,29-28-,30-25-. The number of esters is 3. The van der Waals surface area contributed by atoms with Crippen LogP contribution in [0.1, 0.15) is 239 Å². The molecule has 6 nitrogen and oxygen atoms in total. The molecule has 0 aromatic rings. The van der Waals surface area contributed by atoms with Gasteiger partial charge in [0.2, 0.25) is 0 Å². The minimum Gasteiger partial charge on any atom is -0.462 e. The minimum absolute atomic E-state index is 0.0946. The van der Waals surface area contributed by atoms with Gasteiger partial charge in [0.15, 0.2) is 6.10 Å². The number of carbonyl (C=O) groups excluding carboxylic acids is 3. The molecule has 0 aliphatic carbocycles. The zero-order valence-corrected chi connectivity index (χ0v) is 39.9. The SMILES string of the molecule is CC/C=C\C/C=C\C/C=C\CCCCCCC(=O)OC(COC(=O)CCCCCCC/C=C\C=C/CCCCCCCCC)COC(=O)CCCCCCC/C=C\CCCC. The van der Waals surface area contributed by atoms with Gasteiger partial charge < -0.3 is 14.2 Å². The van der Waals surface area contributed by atoms with Crippen molar-refractivity contribution < 1.29 is 28.6 Å². The monoisotopic (exact) mass is 851 g/mol. The Bertz CT molecular complexity index is 1160. The first-order valence-corrected chi connectivity index (χ1v) is 25.5.